The lowest BCUT2D eigenvalue weighted by molar-refractivity contribution is 0.439. The van der Waals surface area contributed by atoms with Gasteiger partial charge in [-0.15, -0.1) is 11.3 Å². The van der Waals surface area contributed by atoms with Crippen LogP contribution in [0.25, 0.3) is 11.6 Å². The van der Waals surface area contributed by atoms with Crippen LogP contribution in [-0.2, 0) is 0 Å². The Labute approximate surface area is 156 Å². The Morgan fingerprint density at radius 3 is 2.81 bits per heavy atom. The summed E-state index contributed by atoms with van der Waals surface area (Å²) in [6.45, 7) is 3.06. The molecule has 0 saturated carbocycles. The van der Waals surface area contributed by atoms with Gasteiger partial charge in [-0.3, -0.25) is 4.98 Å². The molecule has 0 amide bonds. The van der Waals surface area contributed by atoms with E-state index < -0.39 is 0 Å². The zero-order chi connectivity index (χ0) is 18.5. The van der Waals surface area contributed by atoms with Gasteiger partial charge in [-0.05, 0) is 43.4 Å². The molecular weight excluding hydrogens is 344 g/mol. The quantitative estimate of drug-likeness (QED) is 0.756. The van der Waals surface area contributed by atoms with Gasteiger partial charge in [0, 0.05) is 42.0 Å². The molecule has 0 fully saturated rings. The lowest BCUT2D eigenvalue weighted by atomic mass is 9.99. The van der Waals surface area contributed by atoms with Crippen molar-refractivity contribution in [3.05, 3.63) is 64.5 Å². The smallest absolute Gasteiger partial charge is 0.138 e. The van der Waals surface area contributed by atoms with Crippen LogP contribution in [0.5, 0.6) is 5.75 Å². The fourth-order valence-electron chi connectivity index (χ4n) is 2.44. The fourth-order valence-corrected chi connectivity index (χ4v) is 3.38. The van der Waals surface area contributed by atoms with E-state index in [2.05, 4.69) is 36.0 Å². The van der Waals surface area contributed by atoms with Crippen LogP contribution in [0.3, 0.4) is 0 Å². The molecule has 26 heavy (non-hydrogen) atoms. The van der Waals surface area contributed by atoms with E-state index in [1.54, 1.807) is 35.9 Å². The number of allylic oxidation sites excluding steroid dienone is 4. The van der Waals surface area contributed by atoms with Gasteiger partial charge >= 0.3 is 0 Å². The number of pyridine rings is 1. The largest absolute Gasteiger partial charge is 0.457 e. The third-order valence-electron chi connectivity index (χ3n) is 3.95. The topological polar surface area (TPSA) is 72.9 Å². The third kappa shape index (κ3) is 3.51. The van der Waals surface area contributed by atoms with Crippen LogP contribution in [-0.4, -0.2) is 18.6 Å². The zero-order valence-corrected chi connectivity index (χ0v) is 15.2. The highest BCUT2D eigenvalue weighted by atomic mass is 32.1. The lowest BCUT2D eigenvalue weighted by Crippen LogP contribution is -2.13. The Morgan fingerprint density at radius 1 is 1.27 bits per heavy atom. The first-order valence-electron chi connectivity index (χ1n) is 8.03. The van der Waals surface area contributed by atoms with E-state index in [1.807, 2.05) is 24.3 Å². The number of ether oxygens (including phenoxy) is 1. The van der Waals surface area contributed by atoms with Gasteiger partial charge in [-0.2, -0.15) is 10.5 Å². The van der Waals surface area contributed by atoms with Gasteiger partial charge in [0.05, 0.1) is 5.00 Å². The van der Waals surface area contributed by atoms with Gasteiger partial charge in [-0.1, -0.05) is 0 Å². The van der Waals surface area contributed by atoms with Crippen LogP contribution in [0.4, 0.5) is 5.00 Å². The maximum Gasteiger partial charge on any atom is 0.138 e. The average molecular weight is 360 g/mol. The van der Waals surface area contributed by atoms with E-state index in [0.29, 0.717) is 22.6 Å². The minimum atomic E-state index is 0.0384. The summed E-state index contributed by atoms with van der Waals surface area (Å²) in [6, 6.07) is 9.74. The zero-order valence-electron chi connectivity index (χ0n) is 14.4. The Kier molecular flexibility index (Phi) is 5.17. The summed E-state index contributed by atoms with van der Waals surface area (Å²) in [5.41, 5.74) is 1.21. The first-order chi connectivity index (χ1) is 12.7. The molecule has 1 aliphatic heterocycles. The summed E-state index contributed by atoms with van der Waals surface area (Å²) in [6.07, 6.45) is 8.73. The predicted octanol–water partition coefficient (Wildman–Crippen LogP) is 4.39. The highest BCUT2D eigenvalue weighted by Gasteiger charge is 2.19. The molecule has 2 aromatic rings. The van der Waals surface area contributed by atoms with E-state index >= 15 is 0 Å². The van der Waals surface area contributed by atoms with Crippen molar-refractivity contribution in [1.29, 1.82) is 10.5 Å². The summed E-state index contributed by atoms with van der Waals surface area (Å²) < 4.78 is 5.87. The van der Waals surface area contributed by atoms with Crippen LogP contribution in [0, 0.1) is 22.7 Å². The average Bonchev–Trinajstić information content (AvgIpc) is 3.15. The molecule has 128 valence electrons. The minimum absolute atomic E-state index is 0.0384. The van der Waals surface area contributed by atoms with E-state index in [-0.39, 0.29) is 5.57 Å². The number of hydrogen-bond acceptors (Lipinski definition) is 6. The SMILES string of the molecule is CCN(C)c1ccc(/C=C/C2=CC(=C(C#N)C#N)c3cnccc3O2)s1. The molecule has 0 spiro atoms. The van der Waals surface area contributed by atoms with Crippen molar-refractivity contribution < 1.29 is 4.74 Å². The Balaban J connectivity index is 1.94. The summed E-state index contributed by atoms with van der Waals surface area (Å²) in [5.74, 6) is 1.15. The van der Waals surface area contributed by atoms with Crippen molar-refractivity contribution in [1.82, 2.24) is 4.98 Å². The molecule has 0 saturated heterocycles. The number of thiophene rings is 1. The second-order valence-corrected chi connectivity index (χ2v) is 6.65. The van der Waals surface area contributed by atoms with Gasteiger partial charge in [0.1, 0.15) is 29.2 Å². The minimum Gasteiger partial charge on any atom is -0.457 e. The Hall–Kier alpha value is -3.35. The number of hydrogen-bond donors (Lipinski definition) is 0. The number of aromatic nitrogens is 1. The lowest BCUT2D eigenvalue weighted by Gasteiger charge is -2.17. The maximum atomic E-state index is 9.23. The Morgan fingerprint density at radius 2 is 2.08 bits per heavy atom. The first-order valence-corrected chi connectivity index (χ1v) is 8.85. The second kappa shape index (κ2) is 7.69. The molecular formula is C20H16N4OS. The molecule has 5 nitrogen and oxygen atoms in total. The van der Waals surface area contributed by atoms with Crippen molar-refractivity contribution in [3.63, 3.8) is 0 Å². The van der Waals surface area contributed by atoms with E-state index in [0.717, 1.165) is 11.4 Å². The summed E-state index contributed by atoms with van der Waals surface area (Å²) in [4.78, 5) is 7.33. The van der Waals surface area contributed by atoms with Crippen molar-refractivity contribution in [2.75, 3.05) is 18.5 Å². The van der Waals surface area contributed by atoms with Gasteiger partial charge < -0.3 is 9.64 Å². The van der Waals surface area contributed by atoms with Gasteiger partial charge in [0.15, 0.2) is 0 Å². The van der Waals surface area contributed by atoms with Gasteiger partial charge in [-0.25, -0.2) is 0 Å². The molecule has 0 unspecified atom stereocenters. The van der Waals surface area contributed by atoms with Crippen LogP contribution in [0.1, 0.15) is 17.4 Å². The first kappa shape index (κ1) is 17.5. The van der Waals surface area contributed by atoms with Crippen LogP contribution < -0.4 is 9.64 Å². The van der Waals surface area contributed by atoms with Crippen LogP contribution >= 0.6 is 11.3 Å². The van der Waals surface area contributed by atoms with Gasteiger partial charge in [0.2, 0.25) is 0 Å². The van der Waals surface area contributed by atoms with Crippen molar-refractivity contribution >= 4 is 28.0 Å². The molecule has 3 heterocycles. The van der Waals surface area contributed by atoms with Crippen molar-refractivity contribution in [2.45, 2.75) is 6.92 Å². The monoisotopic (exact) mass is 360 g/mol. The molecule has 0 radical (unpaired) electrons. The molecule has 1 aliphatic rings. The maximum absolute atomic E-state index is 9.23. The highest BCUT2D eigenvalue weighted by molar-refractivity contribution is 7.16. The molecule has 0 bridgehead atoms. The number of fused-ring (bicyclic) bond motifs is 1. The van der Waals surface area contributed by atoms with Crippen LogP contribution in [0.15, 0.2) is 54.1 Å². The summed E-state index contributed by atoms with van der Waals surface area (Å²) in [7, 11) is 2.06. The second-order valence-electron chi connectivity index (χ2n) is 5.56. The normalized spacial score (nSPS) is 12.6. The molecule has 0 aromatic carbocycles. The van der Waals surface area contributed by atoms with E-state index in [4.69, 9.17) is 4.74 Å². The molecule has 2 aromatic heterocycles. The van der Waals surface area contributed by atoms with E-state index in [9.17, 15) is 10.5 Å². The van der Waals surface area contributed by atoms with E-state index in [1.165, 1.54) is 5.00 Å². The van der Waals surface area contributed by atoms with Crippen LogP contribution in [0.2, 0.25) is 0 Å². The number of nitriles is 2. The summed E-state index contributed by atoms with van der Waals surface area (Å²) in [5, 5.41) is 19.7. The molecule has 0 atom stereocenters. The highest BCUT2D eigenvalue weighted by Crippen LogP contribution is 2.35. The summed E-state index contributed by atoms with van der Waals surface area (Å²) >= 11 is 1.69. The van der Waals surface area contributed by atoms with Crippen molar-refractivity contribution in [3.8, 4) is 17.9 Å². The van der Waals surface area contributed by atoms with Crippen molar-refractivity contribution in [2.24, 2.45) is 0 Å². The number of rotatable bonds is 4. The third-order valence-corrected chi connectivity index (χ3v) is 5.12. The molecule has 3 rings (SSSR count). The molecule has 0 aliphatic carbocycles. The standard InChI is InChI=1S/C20H16N4OS/c1-3-24(2)20-7-6-16(26-20)5-4-15-10-17(14(11-21)12-22)18-13-23-9-8-19(18)25-15/h4-10,13H,3H2,1-2H3/b5-4+. The fraction of sp³-hybridized carbons (Fsp3) is 0.150. The van der Waals surface area contributed by atoms with Gasteiger partial charge in [0.25, 0.3) is 0 Å². The Bertz CT molecular complexity index is 985. The number of anilines is 1. The molecule has 0 N–H and O–H groups in total. The number of nitrogens with zero attached hydrogens (tertiary/aromatic N) is 4. The molecule has 6 heteroatoms. The predicted molar refractivity (Wildman–Crippen MR) is 103 cm³/mol.